The van der Waals surface area contributed by atoms with Crippen molar-refractivity contribution in [2.45, 2.75) is 4.90 Å². The Morgan fingerprint density at radius 2 is 1.74 bits per heavy atom. The van der Waals surface area contributed by atoms with Crippen LogP contribution in [0.15, 0.2) is 78.0 Å². The molecule has 0 radical (unpaired) electrons. The average molecular weight is 442 g/mol. The molecule has 2 aromatic carbocycles. The Bertz CT molecular complexity index is 1140. The predicted molar refractivity (Wildman–Crippen MR) is 118 cm³/mol. The van der Waals surface area contributed by atoms with E-state index in [1.54, 1.807) is 55.7 Å². The van der Waals surface area contributed by atoms with Crippen molar-refractivity contribution < 1.29 is 22.7 Å². The molecule has 1 amide bonds. The zero-order valence-corrected chi connectivity index (χ0v) is 18.2. The molecule has 0 spiro atoms. The monoisotopic (exact) mass is 441 g/mol. The van der Waals surface area contributed by atoms with Crippen molar-refractivity contribution in [3.8, 4) is 11.5 Å². The average Bonchev–Trinajstić information content (AvgIpc) is 2.82. The van der Waals surface area contributed by atoms with Gasteiger partial charge in [0.1, 0.15) is 18.0 Å². The van der Waals surface area contributed by atoms with Crippen LogP contribution in [-0.2, 0) is 14.8 Å². The number of carbonyl (C=O) groups excluding carboxylic acids is 1. The summed E-state index contributed by atoms with van der Waals surface area (Å²) in [6.07, 6.45) is 3.12. The van der Waals surface area contributed by atoms with Crippen LogP contribution in [0, 0.1) is 0 Å². The van der Waals surface area contributed by atoms with Crippen molar-refractivity contribution in [2.24, 2.45) is 0 Å². The summed E-state index contributed by atoms with van der Waals surface area (Å²) in [6, 6.07) is 16.1. The molecule has 0 saturated carbocycles. The van der Waals surface area contributed by atoms with Gasteiger partial charge in [-0.3, -0.25) is 14.1 Å². The number of hydrogen-bond donors (Lipinski definition) is 0. The minimum Gasteiger partial charge on any atom is -0.497 e. The standard InChI is InChI=1S/C22H23N3O5S/c1-24(17-8-7-13-23-15-17)22(26)16-25(31(27,28)19-9-5-4-6-10-19)20-14-18(29-2)11-12-21(20)30-3/h4-15H,16H2,1-3H3. The maximum absolute atomic E-state index is 13.5. The van der Waals surface area contributed by atoms with Gasteiger partial charge in [-0.2, -0.15) is 0 Å². The van der Waals surface area contributed by atoms with E-state index in [1.165, 1.54) is 43.5 Å². The predicted octanol–water partition coefficient (Wildman–Crippen LogP) is 2.96. The third-order valence-electron chi connectivity index (χ3n) is 4.67. The Hall–Kier alpha value is -3.59. The van der Waals surface area contributed by atoms with Crippen LogP contribution < -0.4 is 18.7 Å². The van der Waals surface area contributed by atoms with E-state index in [9.17, 15) is 13.2 Å². The highest BCUT2D eigenvalue weighted by Crippen LogP contribution is 2.35. The lowest BCUT2D eigenvalue weighted by Crippen LogP contribution is -2.42. The maximum Gasteiger partial charge on any atom is 0.264 e. The van der Waals surface area contributed by atoms with E-state index >= 15 is 0 Å². The van der Waals surface area contributed by atoms with Crippen LogP contribution in [0.4, 0.5) is 11.4 Å². The fourth-order valence-electron chi connectivity index (χ4n) is 2.94. The second-order valence-electron chi connectivity index (χ2n) is 6.53. The van der Waals surface area contributed by atoms with Crippen LogP contribution in [0.5, 0.6) is 11.5 Å². The van der Waals surface area contributed by atoms with E-state index in [-0.39, 0.29) is 16.3 Å². The fourth-order valence-corrected chi connectivity index (χ4v) is 4.37. The molecule has 0 bridgehead atoms. The Labute approximate surface area is 181 Å². The van der Waals surface area contributed by atoms with Gasteiger partial charge in [0.05, 0.1) is 36.7 Å². The number of likely N-dealkylation sites (N-methyl/N-ethyl adjacent to an activating group) is 1. The van der Waals surface area contributed by atoms with Gasteiger partial charge in [-0.25, -0.2) is 8.42 Å². The first-order chi connectivity index (χ1) is 14.9. The van der Waals surface area contributed by atoms with Gasteiger partial charge >= 0.3 is 0 Å². The molecule has 0 aliphatic carbocycles. The largest absolute Gasteiger partial charge is 0.497 e. The van der Waals surface area contributed by atoms with Gasteiger partial charge in [0.15, 0.2) is 0 Å². The number of hydrogen-bond acceptors (Lipinski definition) is 6. The lowest BCUT2D eigenvalue weighted by Gasteiger charge is -2.28. The van der Waals surface area contributed by atoms with Gasteiger partial charge in [0, 0.05) is 19.3 Å². The summed E-state index contributed by atoms with van der Waals surface area (Å²) in [4.78, 5) is 18.5. The highest BCUT2D eigenvalue weighted by atomic mass is 32.2. The summed E-state index contributed by atoms with van der Waals surface area (Å²) in [7, 11) is 0.385. The number of benzene rings is 2. The SMILES string of the molecule is COc1ccc(OC)c(N(CC(=O)N(C)c2cccnc2)S(=O)(=O)c2ccccc2)c1. The van der Waals surface area contributed by atoms with Crippen molar-refractivity contribution in [2.75, 3.05) is 37.0 Å². The maximum atomic E-state index is 13.5. The Kier molecular flexibility index (Phi) is 6.76. The number of nitrogens with zero attached hydrogens (tertiary/aromatic N) is 3. The zero-order valence-electron chi connectivity index (χ0n) is 17.4. The number of rotatable bonds is 8. The highest BCUT2D eigenvalue weighted by Gasteiger charge is 2.31. The summed E-state index contributed by atoms with van der Waals surface area (Å²) < 4.78 is 38.8. The van der Waals surface area contributed by atoms with Gasteiger partial charge in [0.2, 0.25) is 5.91 Å². The van der Waals surface area contributed by atoms with E-state index < -0.39 is 22.5 Å². The zero-order chi connectivity index (χ0) is 22.4. The van der Waals surface area contributed by atoms with E-state index in [4.69, 9.17) is 9.47 Å². The van der Waals surface area contributed by atoms with Crippen molar-refractivity contribution in [3.63, 3.8) is 0 Å². The lowest BCUT2D eigenvalue weighted by molar-refractivity contribution is -0.116. The van der Waals surface area contributed by atoms with Crippen LogP contribution in [0.2, 0.25) is 0 Å². The second-order valence-corrected chi connectivity index (χ2v) is 8.39. The first kappa shape index (κ1) is 22.1. The Balaban J connectivity index is 2.09. The molecular weight excluding hydrogens is 418 g/mol. The number of aromatic nitrogens is 1. The molecule has 1 heterocycles. The van der Waals surface area contributed by atoms with Gasteiger partial charge < -0.3 is 14.4 Å². The number of carbonyl (C=O) groups is 1. The molecule has 0 fully saturated rings. The Morgan fingerprint density at radius 3 is 2.35 bits per heavy atom. The van der Waals surface area contributed by atoms with Crippen LogP contribution in [-0.4, -0.2) is 47.1 Å². The van der Waals surface area contributed by atoms with Crippen LogP contribution in [0.1, 0.15) is 0 Å². The first-order valence-electron chi connectivity index (χ1n) is 9.35. The van der Waals surface area contributed by atoms with Gasteiger partial charge in [-0.05, 0) is 36.4 Å². The molecular formula is C22H23N3O5S. The molecule has 0 unspecified atom stereocenters. The normalized spacial score (nSPS) is 10.9. The molecule has 3 aromatic rings. The molecule has 162 valence electrons. The number of pyridine rings is 1. The molecule has 3 rings (SSSR count). The van der Waals surface area contributed by atoms with Crippen LogP contribution in [0.25, 0.3) is 0 Å². The molecule has 0 saturated heterocycles. The van der Waals surface area contributed by atoms with Crippen molar-refractivity contribution in [3.05, 3.63) is 73.1 Å². The molecule has 8 nitrogen and oxygen atoms in total. The second kappa shape index (κ2) is 9.48. The van der Waals surface area contributed by atoms with Crippen LogP contribution >= 0.6 is 0 Å². The smallest absolute Gasteiger partial charge is 0.264 e. The summed E-state index contributed by atoms with van der Waals surface area (Å²) >= 11 is 0. The molecule has 0 aliphatic rings. The van der Waals surface area contributed by atoms with Gasteiger partial charge in [-0.15, -0.1) is 0 Å². The van der Waals surface area contributed by atoms with Crippen LogP contribution in [0.3, 0.4) is 0 Å². The topological polar surface area (TPSA) is 89.0 Å². The molecule has 0 N–H and O–H groups in total. The molecule has 0 aliphatic heterocycles. The van der Waals surface area contributed by atoms with Crippen molar-refractivity contribution in [1.82, 2.24) is 4.98 Å². The number of amides is 1. The van der Waals surface area contributed by atoms with E-state index in [2.05, 4.69) is 4.98 Å². The molecule has 1 aromatic heterocycles. The summed E-state index contributed by atoms with van der Waals surface area (Å²) in [5, 5.41) is 0. The minimum atomic E-state index is -4.09. The van der Waals surface area contributed by atoms with E-state index in [0.29, 0.717) is 11.4 Å². The number of anilines is 2. The number of sulfonamides is 1. The minimum absolute atomic E-state index is 0.0525. The van der Waals surface area contributed by atoms with E-state index in [1.807, 2.05) is 0 Å². The summed E-state index contributed by atoms with van der Waals surface area (Å²) in [5.41, 5.74) is 0.737. The third-order valence-corrected chi connectivity index (χ3v) is 6.45. The van der Waals surface area contributed by atoms with Crippen molar-refractivity contribution >= 4 is 27.3 Å². The van der Waals surface area contributed by atoms with Gasteiger partial charge in [0.25, 0.3) is 10.0 Å². The number of methoxy groups -OCH3 is 2. The fraction of sp³-hybridized carbons (Fsp3) is 0.182. The van der Waals surface area contributed by atoms with E-state index in [0.717, 1.165) is 4.31 Å². The quantitative estimate of drug-likeness (QED) is 0.534. The third kappa shape index (κ3) is 4.77. The van der Waals surface area contributed by atoms with Gasteiger partial charge in [-0.1, -0.05) is 18.2 Å². The summed E-state index contributed by atoms with van der Waals surface area (Å²) in [6.45, 7) is -0.452. The molecule has 31 heavy (non-hydrogen) atoms. The first-order valence-corrected chi connectivity index (χ1v) is 10.8. The summed E-state index contributed by atoms with van der Waals surface area (Å²) in [5.74, 6) is 0.270. The van der Waals surface area contributed by atoms with Crippen molar-refractivity contribution in [1.29, 1.82) is 0 Å². The molecule has 0 atom stereocenters. The number of ether oxygens (including phenoxy) is 2. The highest BCUT2D eigenvalue weighted by molar-refractivity contribution is 7.92. The lowest BCUT2D eigenvalue weighted by atomic mass is 10.2. The molecule has 9 heteroatoms. The Morgan fingerprint density at radius 1 is 1.00 bits per heavy atom.